The summed E-state index contributed by atoms with van der Waals surface area (Å²) in [5.41, 5.74) is 10.8. The van der Waals surface area contributed by atoms with Crippen LogP contribution in [0.3, 0.4) is 0 Å². The van der Waals surface area contributed by atoms with Crippen molar-refractivity contribution in [2.75, 3.05) is 25.0 Å². The Morgan fingerprint density at radius 1 is 1.05 bits per heavy atom. The molecule has 0 saturated carbocycles. The summed E-state index contributed by atoms with van der Waals surface area (Å²) in [6, 6.07) is 1.92. The van der Waals surface area contributed by atoms with Gasteiger partial charge in [-0.05, 0) is 43.7 Å². The number of carbonyl (C=O) groups is 4. The van der Waals surface area contributed by atoms with Gasteiger partial charge in [-0.3, -0.25) is 29.3 Å². The fraction of sp³-hybridized carbons (Fsp3) is 0.600. The van der Waals surface area contributed by atoms with Crippen LogP contribution >= 0.6 is 0 Å². The number of anilines is 1. The quantitative estimate of drug-likeness (QED) is 0.0960. The van der Waals surface area contributed by atoms with E-state index in [1.54, 1.807) is 6.92 Å². The van der Waals surface area contributed by atoms with E-state index in [0.717, 1.165) is 6.07 Å². The normalized spacial score (nSPS) is 13.2. The molecule has 0 saturated heterocycles. The molecule has 13 heteroatoms. The number of rotatable bonds is 17. The molecule has 0 aliphatic rings. The Labute approximate surface area is 223 Å². The second-order valence-corrected chi connectivity index (χ2v) is 9.63. The van der Waals surface area contributed by atoms with E-state index in [4.69, 9.17) is 11.5 Å². The molecule has 0 fully saturated rings. The molecule has 0 spiro atoms. The molecule has 38 heavy (non-hydrogen) atoms. The number of nitro groups is 1. The number of nitrogens with two attached hydrogens (primary N) is 2. The second kappa shape index (κ2) is 16.2. The van der Waals surface area contributed by atoms with E-state index in [1.807, 2.05) is 20.8 Å². The van der Waals surface area contributed by atoms with Crippen molar-refractivity contribution in [3.05, 3.63) is 33.9 Å². The van der Waals surface area contributed by atoms with Gasteiger partial charge in [-0.2, -0.15) is 0 Å². The Balaban J connectivity index is 3.21. The molecule has 13 nitrogen and oxygen atoms in total. The molecule has 0 aromatic heterocycles. The maximum atomic E-state index is 13.3. The summed E-state index contributed by atoms with van der Waals surface area (Å²) < 4.78 is 0. The highest BCUT2D eigenvalue weighted by atomic mass is 16.6. The first-order valence-corrected chi connectivity index (χ1v) is 12.8. The number of benzene rings is 1. The fourth-order valence-electron chi connectivity index (χ4n) is 3.54. The number of primary amides is 1. The van der Waals surface area contributed by atoms with E-state index < -0.39 is 40.6 Å². The molecule has 1 rings (SSSR count). The number of hydrogen-bond acceptors (Lipinski definition) is 8. The number of nitro benzene ring substituents is 1. The van der Waals surface area contributed by atoms with Crippen LogP contribution in [0.5, 0.6) is 0 Å². The van der Waals surface area contributed by atoms with Gasteiger partial charge in [-0.15, -0.1) is 0 Å². The molecular formula is C25H41N7O6. The third kappa shape index (κ3) is 10.7. The Kier molecular flexibility index (Phi) is 13.7. The highest BCUT2D eigenvalue weighted by Gasteiger charge is 2.31. The Hall–Kier alpha value is -3.74. The van der Waals surface area contributed by atoms with Crippen molar-refractivity contribution >= 4 is 35.0 Å². The van der Waals surface area contributed by atoms with Gasteiger partial charge in [0.25, 0.3) is 11.6 Å². The molecule has 0 aliphatic carbocycles. The Morgan fingerprint density at radius 3 is 2.29 bits per heavy atom. The zero-order valence-corrected chi connectivity index (χ0v) is 22.5. The zero-order valence-electron chi connectivity index (χ0n) is 22.5. The third-order valence-electron chi connectivity index (χ3n) is 5.96. The summed E-state index contributed by atoms with van der Waals surface area (Å²) in [6.07, 6.45) is 1.96. The summed E-state index contributed by atoms with van der Waals surface area (Å²) in [5.74, 6) is -2.66. The van der Waals surface area contributed by atoms with Gasteiger partial charge in [0.2, 0.25) is 17.7 Å². The smallest absolute Gasteiger partial charge is 0.270 e. The Bertz CT molecular complexity index is 985. The van der Waals surface area contributed by atoms with Crippen LogP contribution in [-0.4, -0.2) is 60.3 Å². The first-order valence-electron chi connectivity index (χ1n) is 12.8. The number of carbonyl (C=O) groups excluding carboxylic acids is 4. The molecule has 8 N–H and O–H groups in total. The monoisotopic (exact) mass is 535 g/mol. The molecule has 0 heterocycles. The van der Waals surface area contributed by atoms with E-state index in [-0.39, 0.29) is 36.1 Å². The largest absolute Gasteiger partial charge is 0.384 e. The van der Waals surface area contributed by atoms with Gasteiger partial charge in [0.1, 0.15) is 12.1 Å². The lowest BCUT2D eigenvalue weighted by Gasteiger charge is -2.27. The lowest BCUT2D eigenvalue weighted by atomic mass is 9.96. The Morgan fingerprint density at radius 2 is 1.74 bits per heavy atom. The minimum Gasteiger partial charge on any atom is -0.384 e. The van der Waals surface area contributed by atoms with Gasteiger partial charge >= 0.3 is 0 Å². The first-order chi connectivity index (χ1) is 17.9. The van der Waals surface area contributed by atoms with Gasteiger partial charge < -0.3 is 32.7 Å². The van der Waals surface area contributed by atoms with Crippen molar-refractivity contribution in [3.63, 3.8) is 0 Å². The molecule has 0 bridgehead atoms. The van der Waals surface area contributed by atoms with Crippen LogP contribution in [0.25, 0.3) is 0 Å². The molecule has 1 aromatic carbocycles. The van der Waals surface area contributed by atoms with Crippen molar-refractivity contribution in [1.82, 2.24) is 16.0 Å². The maximum Gasteiger partial charge on any atom is 0.270 e. The van der Waals surface area contributed by atoms with Crippen molar-refractivity contribution in [2.24, 2.45) is 23.3 Å². The topological polar surface area (TPSA) is 212 Å². The molecule has 212 valence electrons. The van der Waals surface area contributed by atoms with Crippen LogP contribution in [0.2, 0.25) is 0 Å². The van der Waals surface area contributed by atoms with Crippen LogP contribution in [0.15, 0.2) is 18.2 Å². The first kappa shape index (κ1) is 32.3. The van der Waals surface area contributed by atoms with E-state index in [9.17, 15) is 29.3 Å². The molecule has 1 aromatic rings. The molecule has 3 atom stereocenters. The van der Waals surface area contributed by atoms with Crippen molar-refractivity contribution in [3.8, 4) is 0 Å². The van der Waals surface area contributed by atoms with E-state index in [2.05, 4.69) is 21.3 Å². The predicted octanol–water partition coefficient (Wildman–Crippen LogP) is 1.02. The minimum absolute atomic E-state index is 0.0275. The van der Waals surface area contributed by atoms with Gasteiger partial charge in [-0.1, -0.05) is 34.1 Å². The maximum absolute atomic E-state index is 13.3. The van der Waals surface area contributed by atoms with Gasteiger partial charge in [0.05, 0.1) is 17.0 Å². The number of amides is 4. The van der Waals surface area contributed by atoms with Gasteiger partial charge in [0, 0.05) is 24.4 Å². The summed E-state index contributed by atoms with van der Waals surface area (Å²) in [6.45, 7) is 8.12. The number of nitrogens with one attached hydrogen (secondary N) is 4. The number of non-ortho nitro benzene ring substituents is 1. The summed E-state index contributed by atoms with van der Waals surface area (Å²) >= 11 is 0. The van der Waals surface area contributed by atoms with Crippen LogP contribution in [0.4, 0.5) is 11.4 Å². The highest BCUT2D eigenvalue weighted by Crippen LogP contribution is 2.23. The molecular weight excluding hydrogens is 494 g/mol. The second-order valence-electron chi connectivity index (χ2n) is 9.63. The average Bonchev–Trinajstić information content (AvgIpc) is 2.87. The third-order valence-corrected chi connectivity index (χ3v) is 5.96. The van der Waals surface area contributed by atoms with E-state index >= 15 is 0 Å². The highest BCUT2D eigenvalue weighted by molar-refractivity contribution is 6.03. The van der Waals surface area contributed by atoms with Crippen LogP contribution in [0.1, 0.15) is 63.7 Å². The summed E-state index contributed by atoms with van der Waals surface area (Å²) in [5, 5.41) is 22.2. The lowest BCUT2D eigenvalue weighted by Crippen LogP contribution is -2.56. The number of unbranched alkanes of at least 4 members (excludes halogenated alkanes) is 1. The van der Waals surface area contributed by atoms with Gasteiger partial charge in [-0.25, -0.2) is 0 Å². The van der Waals surface area contributed by atoms with Crippen molar-refractivity contribution in [2.45, 2.75) is 65.5 Å². The lowest BCUT2D eigenvalue weighted by molar-refractivity contribution is -0.384. The van der Waals surface area contributed by atoms with Gasteiger partial charge in [0.15, 0.2) is 0 Å². The summed E-state index contributed by atoms with van der Waals surface area (Å²) in [4.78, 5) is 61.1. The number of hydrogen-bond donors (Lipinski definition) is 6. The van der Waals surface area contributed by atoms with Crippen LogP contribution < -0.4 is 32.7 Å². The fourth-order valence-corrected chi connectivity index (χ4v) is 3.54. The summed E-state index contributed by atoms with van der Waals surface area (Å²) in [7, 11) is 0. The van der Waals surface area contributed by atoms with E-state index in [1.165, 1.54) is 12.1 Å². The van der Waals surface area contributed by atoms with Crippen molar-refractivity contribution < 1.29 is 24.1 Å². The van der Waals surface area contributed by atoms with Crippen LogP contribution in [-0.2, 0) is 14.4 Å². The number of nitrogens with zero attached hydrogens (tertiary/aromatic N) is 1. The van der Waals surface area contributed by atoms with Crippen LogP contribution in [0, 0.1) is 22.0 Å². The van der Waals surface area contributed by atoms with E-state index in [0.29, 0.717) is 38.0 Å². The molecule has 4 amide bonds. The molecule has 0 aliphatic heterocycles. The minimum atomic E-state index is -1.04. The predicted molar refractivity (Wildman–Crippen MR) is 144 cm³/mol. The van der Waals surface area contributed by atoms with Crippen molar-refractivity contribution in [1.29, 1.82) is 0 Å². The SMILES string of the molecule is CCC(C)C(NC(=O)c1cc([N+](=O)[O-])ccc1NCC(C)C)C(=O)NC(CCCCN)C(=O)NCC(N)=O. The molecule has 3 unspecified atom stereocenters. The average molecular weight is 536 g/mol. The molecule has 0 radical (unpaired) electrons. The zero-order chi connectivity index (χ0) is 28.8. The standard InChI is InChI=1S/C25H41N7O6/c1-5-16(4)22(25(36)30-20(8-6-7-11-26)24(35)29-14-21(27)33)31-23(34)18-12-17(32(37)38)9-10-19(18)28-13-15(2)3/h9-10,12,15-16,20,22,28H,5-8,11,13-14,26H2,1-4H3,(H2,27,33)(H,29,35)(H,30,36)(H,31,34).